The summed E-state index contributed by atoms with van der Waals surface area (Å²) in [7, 11) is -5.22. The molecular formula is C19H20N2O7S2. The van der Waals surface area contributed by atoms with Crippen LogP contribution in [0.25, 0.3) is 0 Å². The van der Waals surface area contributed by atoms with Crippen LogP contribution >= 0.6 is 0 Å². The molecule has 2 N–H and O–H groups in total. The number of ether oxygens (including phenoxy) is 2. The van der Waals surface area contributed by atoms with Gasteiger partial charge in [0.05, 0.1) is 37.6 Å². The largest absolute Gasteiger partial charge is 0.497 e. The van der Waals surface area contributed by atoms with E-state index in [-0.39, 0.29) is 27.8 Å². The van der Waals surface area contributed by atoms with E-state index < -0.39 is 20.0 Å². The van der Waals surface area contributed by atoms with Gasteiger partial charge < -0.3 is 13.9 Å². The molecule has 0 aliphatic heterocycles. The zero-order valence-corrected chi connectivity index (χ0v) is 17.8. The van der Waals surface area contributed by atoms with Crippen LogP contribution in [0.15, 0.2) is 75.1 Å². The van der Waals surface area contributed by atoms with E-state index in [1.54, 1.807) is 18.2 Å². The smallest absolute Gasteiger partial charge is 0.265 e. The molecule has 0 aliphatic carbocycles. The lowest BCUT2D eigenvalue weighted by Crippen LogP contribution is -2.23. The summed E-state index contributed by atoms with van der Waals surface area (Å²) in [6.45, 7) is -0.0354. The molecule has 0 spiro atoms. The maximum absolute atomic E-state index is 12.9. The molecule has 160 valence electrons. The molecule has 3 rings (SSSR count). The number of hydrogen-bond acceptors (Lipinski definition) is 7. The molecule has 0 unspecified atom stereocenters. The summed E-state index contributed by atoms with van der Waals surface area (Å²) in [5.74, 6) is 0.891. The normalized spacial score (nSPS) is 11.8. The van der Waals surface area contributed by atoms with Gasteiger partial charge in [0, 0.05) is 6.07 Å². The van der Waals surface area contributed by atoms with Crippen LogP contribution in [0, 0.1) is 0 Å². The number of furan rings is 1. The van der Waals surface area contributed by atoms with Gasteiger partial charge in [-0.2, -0.15) is 0 Å². The highest BCUT2D eigenvalue weighted by Gasteiger charge is 2.22. The van der Waals surface area contributed by atoms with Gasteiger partial charge in [0.1, 0.15) is 22.2 Å². The van der Waals surface area contributed by atoms with E-state index in [1.807, 2.05) is 0 Å². The van der Waals surface area contributed by atoms with E-state index in [0.29, 0.717) is 11.5 Å². The van der Waals surface area contributed by atoms with Gasteiger partial charge in [-0.3, -0.25) is 4.72 Å². The summed E-state index contributed by atoms with van der Waals surface area (Å²) in [4.78, 5) is -0.250. The van der Waals surface area contributed by atoms with E-state index in [4.69, 9.17) is 13.9 Å². The van der Waals surface area contributed by atoms with Crippen molar-refractivity contribution in [2.75, 3.05) is 18.9 Å². The number of hydrogen-bond donors (Lipinski definition) is 2. The maximum Gasteiger partial charge on any atom is 0.265 e. The third-order valence-electron chi connectivity index (χ3n) is 4.07. The summed E-state index contributed by atoms with van der Waals surface area (Å²) in [5, 5.41) is 0. The average molecular weight is 453 g/mol. The van der Waals surface area contributed by atoms with Crippen LogP contribution in [0.3, 0.4) is 0 Å². The fraction of sp³-hybridized carbons (Fsp3) is 0.158. The van der Waals surface area contributed by atoms with E-state index in [0.717, 1.165) is 0 Å². The number of sulfonamides is 2. The lowest BCUT2D eigenvalue weighted by Gasteiger charge is -2.13. The van der Waals surface area contributed by atoms with Gasteiger partial charge in [-0.1, -0.05) is 6.07 Å². The van der Waals surface area contributed by atoms with Crippen molar-refractivity contribution in [1.82, 2.24) is 4.72 Å². The molecule has 1 heterocycles. The summed E-state index contributed by atoms with van der Waals surface area (Å²) in [6.07, 6.45) is 1.44. The highest BCUT2D eigenvalue weighted by Crippen LogP contribution is 2.30. The highest BCUT2D eigenvalue weighted by molar-refractivity contribution is 7.92. The Hall–Kier alpha value is -3.02. The maximum atomic E-state index is 12.9. The van der Waals surface area contributed by atoms with Gasteiger partial charge in [0.2, 0.25) is 10.0 Å². The minimum Gasteiger partial charge on any atom is -0.497 e. The van der Waals surface area contributed by atoms with Crippen LogP contribution in [0.1, 0.15) is 5.76 Å². The minimum atomic E-state index is -4.08. The summed E-state index contributed by atoms with van der Waals surface area (Å²) < 4.78 is 70.9. The lowest BCUT2D eigenvalue weighted by molar-refractivity contribution is 0.392. The quantitative estimate of drug-likeness (QED) is 0.511. The third kappa shape index (κ3) is 4.93. The van der Waals surface area contributed by atoms with Crippen molar-refractivity contribution in [3.05, 3.63) is 66.6 Å². The molecule has 2 aromatic carbocycles. The molecule has 0 saturated heterocycles. The van der Waals surface area contributed by atoms with Crippen LogP contribution in [-0.4, -0.2) is 31.1 Å². The number of rotatable bonds is 9. The van der Waals surface area contributed by atoms with Crippen molar-refractivity contribution < 1.29 is 30.7 Å². The van der Waals surface area contributed by atoms with Crippen molar-refractivity contribution in [3.63, 3.8) is 0 Å². The molecule has 0 atom stereocenters. The molecule has 0 fully saturated rings. The third-order valence-corrected chi connectivity index (χ3v) is 6.87. The number of benzene rings is 2. The van der Waals surface area contributed by atoms with Crippen LogP contribution in [0.2, 0.25) is 0 Å². The molecule has 3 aromatic rings. The Morgan fingerprint density at radius 2 is 1.70 bits per heavy atom. The van der Waals surface area contributed by atoms with E-state index in [2.05, 4.69) is 9.44 Å². The number of anilines is 1. The van der Waals surface area contributed by atoms with Crippen molar-refractivity contribution in [2.24, 2.45) is 0 Å². The predicted molar refractivity (Wildman–Crippen MR) is 110 cm³/mol. The van der Waals surface area contributed by atoms with Crippen molar-refractivity contribution >= 4 is 25.7 Å². The van der Waals surface area contributed by atoms with Gasteiger partial charge in [0.15, 0.2) is 0 Å². The second-order valence-corrected chi connectivity index (χ2v) is 9.47. The summed E-state index contributed by atoms with van der Waals surface area (Å²) in [5.41, 5.74) is 0.0701. The Bertz CT molecular complexity index is 1220. The number of nitrogens with one attached hydrogen (secondary N) is 2. The minimum absolute atomic E-state index is 0.0354. The van der Waals surface area contributed by atoms with Gasteiger partial charge in [0.25, 0.3) is 10.0 Å². The Morgan fingerprint density at radius 1 is 0.900 bits per heavy atom. The molecule has 0 radical (unpaired) electrons. The molecule has 0 aliphatic rings. The Morgan fingerprint density at radius 3 is 2.37 bits per heavy atom. The second-order valence-electron chi connectivity index (χ2n) is 6.05. The first-order valence-corrected chi connectivity index (χ1v) is 11.6. The zero-order valence-electron chi connectivity index (χ0n) is 16.2. The Kier molecular flexibility index (Phi) is 6.34. The zero-order chi connectivity index (χ0) is 21.8. The van der Waals surface area contributed by atoms with Gasteiger partial charge in [-0.05, 0) is 42.5 Å². The van der Waals surface area contributed by atoms with E-state index >= 15 is 0 Å². The van der Waals surface area contributed by atoms with E-state index in [9.17, 15) is 16.8 Å². The first-order valence-electron chi connectivity index (χ1n) is 8.62. The molecule has 9 nitrogen and oxygen atoms in total. The molecule has 0 bridgehead atoms. The van der Waals surface area contributed by atoms with Gasteiger partial charge >= 0.3 is 0 Å². The van der Waals surface area contributed by atoms with Crippen molar-refractivity contribution in [2.45, 2.75) is 16.3 Å². The lowest BCUT2D eigenvalue weighted by atomic mass is 10.3. The molecule has 30 heavy (non-hydrogen) atoms. The fourth-order valence-corrected chi connectivity index (χ4v) is 4.87. The first kappa shape index (κ1) is 21.7. The molecule has 1 aromatic heterocycles. The molecule has 0 amide bonds. The van der Waals surface area contributed by atoms with E-state index in [1.165, 1.54) is 56.9 Å². The van der Waals surface area contributed by atoms with Crippen LogP contribution in [-0.2, 0) is 26.6 Å². The first-order chi connectivity index (χ1) is 14.2. The summed E-state index contributed by atoms with van der Waals surface area (Å²) >= 11 is 0. The number of methoxy groups -OCH3 is 2. The predicted octanol–water partition coefficient (Wildman–Crippen LogP) is 2.58. The fourth-order valence-electron chi connectivity index (χ4n) is 2.59. The second kappa shape index (κ2) is 8.78. The molecular weight excluding hydrogens is 432 g/mol. The average Bonchev–Trinajstić information content (AvgIpc) is 3.25. The molecule has 11 heteroatoms. The highest BCUT2D eigenvalue weighted by atomic mass is 32.2. The van der Waals surface area contributed by atoms with Crippen molar-refractivity contribution in [3.8, 4) is 11.5 Å². The standard InChI is InChI=1S/C19H20N2O7S2/c1-26-15-8-9-18(27-2)19(12-15)30(24,25)21-14-5-3-7-17(11-14)29(22,23)20-13-16-6-4-10-28-16/h3-12,20-21H,13H2,1-2H3. The Labute approximate surface area is 174 Å². The van der Waals surface area contributed by atoms with Crippen LogP contribution < -0.4 is 18.9 Å². The van der Waals surface area contributed by atoms with Crippen molar-refractivity contribution in [1.29, 1.82) is 0 Å². The van der Waals surface area contributed by atoms with Gasteiger partial charge in [-0.15, -0.1) is 0 Å². The molecule has 0 saturated carbocycles. The summed E-state index contributed by atoms with van der Waals surface area (Å²) in [6, 6.07) is 13.1. The Balaban J connectivity index is 1.86. The van der Waals surface area contributed by atoms with Crippen LogP contribution in [0.5, 0.6) is 11.5 Å². The van der Waals surface area contributed by atoms with Gasteiger partial charge in [-0.25, -0.2) is 21.6 Å². The monoisotopic (exact) mass is 452 g/mol. The topological polar surface area (TPSA) is 124 Å². The SMILES string of the molecule is COc1ccc(OC)c(S(=O)(=O)Nc2cccc(S(=O)(=O)NCc3ccco3)c2)c1. The van der Waals surface area contributed by atoms with Crippen LogP contribution in [0.4, 0.5) is 5.69 Å².